The second-order valence-corrected chi connectivity index (χ2v) is 6.43. The summed E-state index contributed by atoms with van der Waals surface area (Å²) in [4.78, 5) is 16.8. The quantitative estimate of drug-likeness (QED) is 0.810. The van der Waals surface area contributed by atoms with Gasteiger partial charge in [-0.3, -0.25) is 9.78 Å². The molecular formula is C22H24FN3O. The highest BCUT2D eigenvalue weighted by Gasteiger charge is 2.14. The van der Waals surface area contributed by atoms with Crippen LogP contribution in [0.25, 0.3) is 11.1 Å². The molecule has 0 aliphatic carbocycles. The van der Waals surface area contributed by atoms with Gasteiger partial charge in [0.1, 0.15) is 5.82 Å². The van der Waals surface area contributed by atoms with Gasteiger partial charge in [-0.15, -0.1) is 0 Å². The lowest BCUT2D eigenvalue weighted by Gasteiger charge is -2.15. The van der Waals surface area contributed by atoms with Crippen molar-refractivity contribution < 1.29 is 9.18 Å². The van der Waals surface area contributed by atoms with E-state index in [2.05, 4.69) is 22.5 Å². The minimum absolute atomic E-state index is 0.289. The molecule has 1 aromatic carbocycles. The molecule has 0 bridgehead atoms. The Bertz CT molecular complexity index is 885. The molecule has 0 saturated carbocycles. The number of hydrogen-bond donors (Lipinski definition) is 2. The monoisotopic (exact) mass is 365 g/mol. The second-order valence-electron chi connectivity index (χ2n) is 6.43. The van der Waals surface area contributed by atoms with E-state index in [4.69, 9.17) is 0 Å². The lowest BCUT2D eigenvalue weighted by Crippen LogP contribution is -2.20. The summed E-state index contributed by atoms with van der Waals surface area (Å²) < 4.78 is 14.5. The number of allylic oxidation sites excluding steroid dienone is 2. The van der Waals surface area contributed by atoms with Gasteiger partial charge in [0.25, 0.3) is 5.91 Å². The van der Waals surface area contributed by atoms with Crippen molar-refractivity contribution in [3.05, 3.63) is 71.3 Å². The molecule has 1 amide bonds. The van der Waals surface area contributed by atoms with Crippen molar-refractivity contribution >= 4 is 22.7 Å². The summed E-state index contributed by atoms with van der Waals surface area (Å²) in [6.45, 7) is 5.63. The zero-order chi connectivity index (χ0) is 19.2. The van der Waals surface area contributed by atoms with Crippen LogP contribution in [-0.4, -0.2) is 24.0 Å². The van der Waals surface area contributed by atoms with E-state index in [1.54, 1.807) is 18.3 Å². The summed E-state index contributed by atoms with van der Waals surface area (Å²) in [5.74, 6) is -0.721. The minimum Gasteiger partial charge on any atom is -0.321 e. The highest BCUT2D eigenvalue weighted by atomic mass is 19.1. The number of pyridine rings is 1. The minimum atomic E-state index is -0.370. The van der Waals surface area contributed by atoms with E-state index in [0.29, 0.717) is 11.3 Å². The Kier molecular flexibility index (Phi) is 6.14. The van der Waals surface area contributed by atoms with Gasteiger partial charge in [0.2, 0.25) is 0 Å². The number of aromatic nitrogens is 1. The maximum Gasteiger partial charge on any atom is 0.255 e. The fraction of sp³-hybridized carbons (Fsp3) is 0.273. The van der Waals surface area contributed by atoms with Crippen LogP contribution >= 0.6 is 0 Å². The third-order valence-electron chi connectivity index (χ3n) is 4.72. The number of nitrogens with one attached hydrogen (secondary N) is 2. The maximum absolute atomic E-state index is 14.5. The van der Waals surface area contributed by atoms with Crippen LogP contribution in [0.15, 0.2) is 48.7 Å². The van der Waals surface area contributed by atoms with Crippen molar-refractivity contribution in [3.63, 3.8) is 0 Å². The lowest BCUT2D eigenvalue weighted by molar-refractivity contribution is 0.102. The average Bonchev–Trinajstić information content (AvgIpc) is 2.70. The van der Waals surface area contributed by atoms with E-state index in [1.807, 2.05) is 31.2 Å². The predicted molar refractivity (Wildman–Crippen MR) is 108 cm³/mol. The zero-order valence-electron chi connectivity index (χ0n) is 15.7. The number of nitrogens with zero attached hydrogens (tertiary/aromatic N) is 1. The molecule has 0 spiro atoms. The first-order chi connectivity index (χ1) is 13.1. The third kappa shape index (κ3) is 4.49. The van der Waals surface area contributed by atoms with Crippen molar-refractivity contribution in [2.75, 3.05) is 18.4 Å². The van der Waals surface area contributed by atoms with Crippen LogP contribution < -0.4 is 10.6 Å². The molecule has 2 aromatic rings. The number of carbonyl (C=O) groups is 1. The number of amides is 1. The van der Waals surface area contributed by atoms with Gasteiger partial charge in [-0.2, -0.15) is 0 Å². The van der Waals surface area contributed by atoms with E-state index in [9.17, 15) is 9.18 Å². The molecule has 140 valence electrons. The molecule has 1 aliphatic rings. The largest absolute Gasteiger partial charge is 0.321 e. The number of hydrogen-bond acceptors (Lipinski definition) is 3. The molecule has 27 heavy (non-hydrogen) atoms. The predicted octanol–water partition coefficient (Wildman–Crippen LogP) is 4.66. The number of halogens is 1. The number of anilines is 1. The van der Waals surface area contributed by atoms with Crippen LogP contribution in [0.2, 0.25) is 0 Å². The Morgan fingerprint density at radius 3 is 2.78 bits per heavy atom. The fourth-order valence-electron chi connectivity index (χ4n) is 3.18. The molecule has 0 radical (unpaired) electrons. The van der Waals surface area contributed by atoms with Crippen molar-refractivity contribution in [1.29, 1.82) is 0 Å². The van der Waals surface area contributed by atoms with E-state index >= 15 is 0 Å². The van der Waals surface area contributed by atoms with Crippen LogP contribution in [0.5, 0.6) is 0 Å². The van der Waals surface area contributed by atoms with Crippen LogP contribution in [0.4, 0.5) is 10.1 Å². The van der Waals surface area contributed by atoms with Gasteiger partial charge in [0.15, 0.2) is 0 Å². The molecule has 3 rings (SSSR count). The van der Waals surface area contributed by atoms with Crippen LogP contribution in [0.3, 0.4) is 0 Å². The Balaban J connectivity index is 1.72. The van der Waals surface area contributed by atoms with Gasteiger partial charge in [0.05, 0.1) is 17.6 Å². The highest BCUT2D eigenvalue weighted by molar-refractivity contribution is 6.04. The standard InChI is InChI=1S/C22H24FN3O/c1-3-15(4-2)21-8-6-18(14-25-21)26-22(27)17-5-7-19(20(23)13-17)16-9-11-24-12-10-16/h3,5-9,13-14,24H,4,10-12H2,1-2H3,(H,26,27)/b15-3+. The molecule has 4 nitrogen and oxygen atoms in total. The van der Waals surface area contributed by atoms with Crippen LogP contribution in [-0.2, 0) is 0 Å². The Hall–Kier alpha value is -2.79. The van der Waals surface area contributed by atoms with Gasteiger partial charge in [-0.05, 0) is 61.7 Å². The maximum atomic E-state index is 14.5. The summed E-state index contributed by atoms with van der Waals surface area (Å²) in [7, 11) is 0. The van der Waals surface area contributed by atoms with Gasteiger partial charge in [0, 0.05) is 17.7 Å². The first kappa shape index (κ1) is 19.0. The molecule has 5 heteroatoms. The molecule has 0 unspecified atom stereocenters. The molecular weight excluding hydrogens is 341 g/mol. The Morgan fingerprint density at radius 2 is 2.19 bits per heavy atom. The van der Waals surface area contributed by atoms with Gasteiger partial charge < -0.3 is 10.6 Å². The lowest BCUT2D eigenvalue weighted by atomic mass is 9.98. The number of carbonyl (C=O) groups excluding carboxylic acids is 1. The summed E-state index contributed by atoms with van der Waals surface area (Å²) in [5, 5.41) is 5.98. The third-order valence-corrected chi connectivity index (χ3v) is 4.72. The van der Waals surface area contributed by atoms with E-state index < -0.39 is 0 Å². The highest BCUT2D eigenvalue weighted by Crippen LogP contribution is 2.24. The molecule has 0 fully saturated rings. The van der Waals surface area contributed by atoms with Crippen LogP contribution in [0, 0.1) is 5.82 Å². The summed E-state index contributed by atoms with van der Waals surface area (Å²) in [6, 6.07) is 8.33. The Morgan fingerprint density at radius 1 is 1.33 bits per heavy atom. The molecule has 2 heterocycles. The second kappa shape index (κ2) is 8.73. The molecule has 0 saturated heterocycles. The van der Waals surface area contributed by atoms with Crippen molar-refractivity contribution in [2.24, 2.45) is 0 Å². The first-order valence-electron chi connectivity index (χ1n) is 9.25. The first-order valence-corrected chi connectivity index (χ1v) is 9.25. The molecule has 0 atom stereocenters. The number of benzene rings is 1. The fourth-order valence-corrected chi connectivity index (χ4v) is 3.18. The van der Waals surface area contributed by atoms with Crippen molar-refractivity contribution in [2.45, 2.75) is 26.7 Å². The molecule has 1 aromatic heterocycles. The van der Waals surface area contributed by atoms with E-state index in [0.717, 1.165) is 42.8 Å². The smallest absolute Gasteiger partial charge is 0.255 e. The molecule has 2 N–H and O–H groups in total. The topological polar surface area (TPSA) is 54.0 Å². The van der Waals surface area contributed by atoms with E-state index in [1.165, 1.54) is 6.07 Å². The summed E-state index contributed by atoms with van der Waals surface area (Å²) >= 11 is 0. The SMILES string of the molecule is C/C=C(\CC)c1ccc(NC(=O)c2ccc(C3=CCNCC3)c(F)c2)cn1. The molecule has 1 aliphatic heterocycles. The van der Waals surface area contributed by atoms with E-state index in [-0.39, 0.29) is 17.3 Å². The number of rotatable bonds is 5. The van der Waals surface area contributed by atoms with Crippen molar-refractivity contribution in [1.82, 2.24) is 10.3 Å². The van der Waals surface area contributed by atoms with Gasteiger partial charge in [-0.1, -0.05) is 25.1 Å². The Labute approximate surface area is 159 Å². The van der Waals surface area contributed by atoms with Crippen LogP contribution in [0.1, 0.15) is 48.3 Å². The van der Waals surface area contributed by atoms with Gasteiger partial charge >= 0.3 is 0 Å². The van der Waals surface area contributed by atoms with Gasteiger partial charge in [-0.25, -0.2) is 4.39 Å². The summed E-state index contributed by atoms with van der Waals surface area (Å²) in [6.07, 6.45) is 7.32. The van der Waals surface area contributed by atoms with Crippen molar-refractivity contribution in [3.8, 4) is 0 Å². The average molecular weight is 365 g/mol. The zero-order valence-corrected chi connectivity index (χ0v) is 15.7. The summed E-state index contributed by atoms with van der Waals surface area (Å²) in [5.41, 5.74) is 4.46. The normalized spacial score (nSPS) is 14.6.